The minimum atomic E-state index is -0.639. The lowest BCUT2D eigenvalue weighted by molar-refractivity contribution is 0.0953. The smallest absolute Gasteiger partial charge is 0.269 e. The molecule has 0 aliphatic heterocycles. The number of methoxy groups -OCH3 is 1. The van der Waals surface area contributed by atoms with E-state index in [2.05, 4.69) is 20.9 Å². The Balaban J connectivity index is 2.25. The average molecular weight is 460 g/mol. The molecule has 0 saturated heterocycles. The summed E-state index contributed by atoms with van der Waals surface area (Å²) >= 11 is 20.6. The van der Waals surface area contributed by atoms with E-state index in [4.69, 9.17) is 40.2 Å². The van der Waals surface area contributed by atoms with E-state index in [0.29, 0.717) is 15.4 Å². The number of benzene rings is 2. The van der Waals surface area contributed by atoms with Gasteiger partial charge in [-0.25, -0.2) is 4.57 Å². The number of H-pyrrole nitrogens is 1. The van der Waals surface area contributed by atoms with Gasteiger partial charge in [-0.05, 0) is 42.5 Å². The van der Waals surface area contributed by atoms with Gasteiger partial charge < -0.3 is 9.72 Å². The molecule has 0 spiro atoms. The molecule has 0 aliphatic rings. The van der Waals surface area contributed by atoms with E-state index in [1.807, 2.05) is 0 Å². The molecule has 1 heterocycles. The van der Waals surface area contributed by atoms with Gasteiger partial charge in [0.1, 0.15) is 0 Å². The van der Waals surface area contributed by atoms with Gasteiger partial charge in [-0.3, -0.25) is 9.59 Å². The summed E-state index contributed by atoms with van der Waals surface area (Å²) in [4.78, 5) is 28.5. The van der Waals surface area contributed by atoms with Crippen LogP contribution in [0.15, 0.2) is 39.6 Å². The lowest BCUT2D eigenvalue weighted by Gasteiger charge is -2.10. The van der Waals surface area contributed by atoms with Crippen LogP contribution in [0.25, 0.3) is 10.9 Å². The number of hydrogen-bond acceptors (Lipinski definition) is 4. The van der Waals surface area contributed by atoms with Crippen LogP contribution < -0.4 is 10.3 Å². The predicted octanol–water partition coefficient (Wildman–Crippen LogP) is 4.83. The second-order valence-corrected chi connectivity index (χ2v) is 7.16. The van der Waals surface area contributed by atoms with Gasteiger partial charge in [0.05, 0.1) is 28.1 Å². The summed E-state index contributed by atoms with van der Waals surface area (Å²) in [5.41, 5.74) is 0.118. The van der Waals surface area contributed by atoms with Gasteiger partial charge in [-0.15, -0.1) is 0 Å². The predicted molar refractivity (Wildman–Crippen MR) is 104 cm³/mol. The maximum absolute atomic E-state index is 12.8. The molecule has 0 radical (unpaired) electrons. The maximum Gasteiger partial charge on any atom is 0.269 e. The number of nitrogens with zero attached hydrogens (tertiary/aromatic N) is 1. The first kappa shape index (κ1) is 18.1. The third-order valence-electron chi connectivity index (χ3n) is 3.51. The van der Waals surface area contributed by atoms with Crippen molar-refractivity contribution < 1.29 is 9.53 Å². The number of carbonyl (C=O) groups is 1. The minimum Gasteiger partial charge on any atom is -0.494 e. The molecule has 0 aliphatic carbocycles. The van der Waals surface area contributed by atoms with E-state index < -0.39 is 11.5 Å². The molecule has 1 aromatic heterocycles. The summed E-state index contributed by atoms with van der Waals surface area (Å²) in [6.07, 6.45) is 0. The Morgan fingerprint density at radius 2 is 1.88 bits per heavy atom. The van der Waals surface area contributed by atoms with Crippen molar-refractivity contribution in [2.45, 2.75) is 0 Å². The van der Waals surface area contributed by atoms with Crippen molar-refractivity contribution in [3.63, 3.8) is 0 Å². The molecule has 0 bridgehead atoms. The number of rotatable bonds is 2. The zero-order chi connectivity index (χ0) is 18.3. The fourth-order valence-electron chi connectivity index (χ4n) is 2.38. The molecule has 0 unspecified atom stereocenters. The highest BCUT2D eigenvalue weighted by molar-refractivity contribution is 9.10. The number of halogens is 3. The summed E-state index contributed by atoms with van der Waals surface area (Å²) in [5.74, 6) is -0.389. The lowest BCUT2D eigenvalue weighted by atomic mass is 10.2. The van der Waals surface area contributed by atoms with Crippen molar-refractivity contribution in [2.75, 3.05) is 7.11 Å². The van der Waals surface area contributed by atoms with E-state index in [1.54, 1.807) is 18.2 Å². The normalized spacial score (nSPS) is 10.9. The quantitative estimate of drug-likeness (QED) is 0.557. The Bertz CT molecular complexity index is 1120. The van der Waals surface area contributed by atoms with Crippen LogP contribution in [0.5, 0.6) is 5.75 Å². The van der Waals surface area contributed by atoms with Crippen LogP contribution in [0.1, 0.15) is 10.4 Å². The number of aromatic nitrogens is 2. The largest absolute Gasteiger partial charge is 0.494 e. The summed E-state index contributed by atoms with van der Waals surface area (Å²) in [5, 5.41) is 0.636. The maximum atomic E-state index is 12.8. The first-order valence-electron chi connectivity index (χ1n) is 6.86. The minimum absolute atomic E-state index is 0.0205. The molecular formula is C16H9BrCl2N2O3S. The fourth-order valence-corrected chi connectivity index (χ4v) is 3.66. The number of nitrogens with one attached hydrogen (secondary N) is 1. The van der Waals surface area contributed by atoms with Crippen LogP contribution in [0, 0.1) is 4.77 Å². The molecular weight excluding hydrogens is 451 g/mol. The number of hydrogen-bond donors (Lipinski definition) is 1. The summed E-state index contributed by atoms with van der Waals surface area (Å²) in [6, 6.07) is 7.83. The van der Waals surface area contributed by atoms with Crippen LogP contribution in [-0.2, 0) is 0 Å². The van der Waals surface area contributed by atoms with Crippen LogP contribution in [-0.4, -0.2) is 22.6 Å². The van der Waals surface area contributed by atoms with E-state index in [-0.39, 0.29) is 26.1 Å². The van der Waals surface area contributed by atoms with Crippen LogP contribution >= 0.6 is 51.3 Å². The zero-order valence-corrected chi connectivity index (χ0v) is 16.5. The molecule has 3 rings (SSSR count). The monoisotopic (exact) mass is 458 g/mol. The second kappa shape index (κ2) is 6.92. The molecule has 0 saturated carbocycles. The fraction of sp³-hybridized carbons (Fsp3) is 0.0625. The molecule has 5 nitrogen and oxygen atoms in total. The summed E-state index contributed by atoms with van der Waals surface area (Å²) in [6.45, 7) is 0. The standard InChI is InChI=1S/C16H9BrCl2N2O3S/c1-24-13-10(18)4-7(5-11(13)19)14(22)21-15(23)9-6-8(17)2-3-12(9)20-16(21)25/h2-6H,1H3,(H,20,25). The Morgan fingerprint density at radius 1 is 1.24 bits per heavy atom. The van der Waals surface area contributed by atoms with Gasteiger partial charge in [-0.2, -0.15) is 0 Å². The highest BCUT2D eigenvalue weighted by Gasteiger charge is 2.18. The molecule has 0 amide bonds. The summed E-state index contributed by atoms with van der Waals surface area (Å²) in [7, 11) is 1.41. The molecule has 1 N–H and O–H groups in total. The van der Waals surface area contributed by atoms with Gasteiger partial charge in [-0.1, -0.05) is 39.1 Å². The van der Waals surface area contributed by atoms with Crippen LogP contribution in [0.4, 0.5) is 0 Å². The van der Waals surface area contributed by atoms with Gasteiger partial charge in [0.2, 0.25) is 0 Å². The van der Waals surface area contributed by atoms with E-state index in [1.165, 1.54) is 19.2 Å². The third-order valence-corrected chi connectivity index (χ3v) is 4.85. The highest BCUT2D eigenvalue weighted by atomic mass is 79.9. The SMILES string of the molecule is COc1c(Cl)cc(C(=O)n2c(=S)[nH]c3ccc(Br)cc3c2=O)cc1Cl. The van der Waals surface area contributed by atoms with Crippen molar-refractivity contribution >= 4 is 68.2 Å². The molecule has 0 atom stereocenters. The summed E-state index contributed by atoms with van der Waals surface area (Å²) < 4.78 is 6.62. The van der Waals surface area contributed by atoms with Gasteiger partial charge >= 0.3 is 0 Å². The molecule has 0 fully saturated rings. The first-order valence-corrected chi connectivity index (χ1v) is 8.81. The topological polar surface area (TPSA) is 64.1 Å². The molecule has 3 aromatic rings. The number of ether oxygens (including phenoxy) is 1. The molecule has 2 aromatic carbocycles. The Morgan fingerprint density at radius 3 is 2.48 bits per heavy atom. The van der Waals surface area contributed by atoms with E-state index in [0.717, 1.165) is 4.57 Å². The van der Waals surface area contributed by atoms with E-state index in [9.17, 15) is 9.59 Å². The molecule has 128 valence electrons. The Hall–Kier alpha value is -1.67. The zero-order valence-electron chi connectivity index (χ0n) is 12.6. The lowest BCUT2D eigenvalue weighted by Crippen LogP contribution is -2.29. The van der Waals surface area contributed by atoms with Gasteiger partial charge in [0.15, 0.2) is 10.5 Å². The van der Waals surface area contributed by atoms with Crippen molar-refractivity contribution in [2.24, 2.45) is 0 Å². The van der Waals surface area contributed by atoms with Gasteiger partial charge in [0, 0.05) is 10.0 Å². The third kappa shape index (κ3) is 3.25. The molecule has 9 heteroatoms. The Labute approximate surface area is 165 Å². The van der Waals surface area contributed by atoms with Crippen LogP contribution in [0.2, 0.25) is 10.0 Å². The number of carbonyl (C=O) groups excluding carboxylic acids is 1. The molecule has 25 heavy (non-hydrogen) atoms. The first-order chi connectivity index (χ1) is 11.8. The van der Waals surface area contributed by atoms with Crippen molar-refractivity contribution in [3.8, 4) is 5.75 Å². The van der Waals surface area contributed by atoms with Crippen molar-refractivity contribution in [3.05, 3.63) is 65.5 Å². The Kier molecular flexibility index (Phi) is 5.02. The average Bonchev–Trinajstić information content (AvgIpc) is 2.55. The van der Waals surface area contributed by atoms with E-state index >= 15 is 0 Å². The highest BCUT2D eigenvalue weighted by Crippen LogP contribution is 2.34. The van der Waals surface area contributed by atoms with Gasteiger partial charge in [0.25, 0.3) is 11.5 Å². The van der Waals surface area contributed by atoms with Crippen molar-refractivity contribution in [1.29, 1.82) is 0 Å². The number of fused-ring (bicyclic) bond motifs is 1. The van der Waals surface area contributed by atoms with Crippen molar-refractivity contribution in [1.82, 2.24) is 9.55 Å². The second-order valence-electron chi connectivity index (χ2n) is 5.04. The number of aromatic amines is 1. The van der Waals surface area contributed by atoms with Crippen LogP contribution in [0.3, 0.4) is 0 Å².